The zero-order valence-electron chi connectivity index (χ0n) is 9.15. The molecule has 1 aromatic heterocycles. The Morgan fingerprint density at radius 2 is 2.18 bits per heavy atom. The first kappa shape index (κ1) is 11.8. The van der Waals surface area contributed by atoms with E-state index in [1.54, 1.807) is 19.1 Å². The third kappa shape index (κ3) is 2.71. The highest BCUT2D eigenvalue weighted by Gasteiger charge is 2.08. The van der Waals surface area contributed by atoms with Gasteiger partial charge in [-0.05, 0) is 18.6 Å². The molecule has 88 valence electrons. The molecule has 0 saturated carbocycles. The minimum atomic E-state index is -0.398. The molecule has 0 fully saturated rings. The van der Waals surface area contributed by atoms with E-state index in [1.807, 2.05) is 0 Å². The van der Waals surface area contributed by atoms with Gasteiger partial charge in [-0.2, -0.15) is 0 Å². The van der Waals surface area contributed by atoms with Crippen LogP contribution < -0.4 is 4.74 Å². The van der Waals surface area contributed by atoms with Gasteiger partial charge in [-0.1, -0.05) is 12.1 Å². The summed E-state index contributed by atoms with van der Waals surface area (Å²) in [5.74, 6) is 0.199. The Bertz CT molecular complexity index is 534. The van der Waals surface area contributed by atoms with Crippen molar-refractivity contribution < 1.29 is 9.13 Å². The van der Waals surface area contributed by atoms with Crippen LogP contribution in [0.15, 0.2) is 30.6 Å². The minimum Gasteiger partial charge on any atom is -0.434 e. The number of benzene rings is 1. The first-order valence-corrected chi connectivity index (χ1v) is 5.54. The Morgan fingerprint density at radius 1 is 1.35 bits per heavy atom. The second kappa shape index (κ2) is 5.10. The highest BCUT2D eigenvalue weighted by atomic mass is 35.5. The lowest BCUT2D eigenvalue weighted by molar-refractivity contribution is 0.422. The fraction of sp³-hybridized carbons (Fsp3) is 0.167. The molecule has 1 aromatic carbocycles. The standard InChI is InChI=1S/C12H10ClFN2O/c1-8-3-2-4-10(12(8)14)17-11-7-15-6-9(5-13)16-11/h2-4,6-7H,5H2,1H3. The number of aryl methyl sites for hydroxylation is 1. The molecule has 0 bridgehead atoms. The molecule has 0 saturated heterocycles. The number of hydrogen-bond donors (Lipinski definition) is 0. The van der Waals surface area contributed by atoms with Crippen LogP contribution in [-0.4, -0.2) is 9.97 Å². The van der Waals surface area contributed by atoms with Crippen molar-refractivity contribution in [2.75, 3.05) is 0 Å². The maximum Gasteiger partial charge on any atom is 0.238 e. The van der Waals surface area contributed by atoms with Crippen molar-refractivity contribution in [1.82, 2.24) is 9.97 Å². The van der Waals surface area contributed by atoms with Gasteiger partial charge in [0.05, 0.1) is 17.8 Å². The summed E-state index contributed by atoms with van der Waals surface area (Å²) < 4.78 is 19.0. The third-order valence-electron chi connectivity index (χ3n) is 2.17. The molecule has 5 heteroatoms. The van der Waals surface area contributed by atoms with Crippen molar-refractivity contribution in [3.05, 3.63) is 47.7 Å². The maximum absolute atomic E-state index is 13.7. The number of alkyl halides is 1. The minimum absolute atomic E-state index is 0.131. The quantitative estimate of drug-likeness (QED) is 0.785. The van der Waals surface area contributed by atoms with Crippen molar-refractivity contribution in [2.24, 2.45) is 0 Å². The van der Waals surface area contributed by atoms with Gasteiger partial charge in [0, 0.05) is 6.20 Å². The van der Waals surface area contributed by atoms with Crippen molar-refractivity contribution in [3.63, 3.8) is 0 Å². The Balaban J connectivity index is 2.28. The summed E-state index contributed by atoms with van der Waals surface area (Å²) in [7, 11) is 0. The third-order valence-corrected chi connectivity index (χ3v) is 2.44. The van der Waals surface area contributed by atoms with Crippen LogP contribution in [0.4, 0.5) is 4.39 Å². The van der Waals surface area contributed by atoms with Gasteiger partial charge in [-0.15, -0.1) is 11.6 Å². The molecule has 0 N–H and O–H groups in total. The Hall–Kier alpha value is -1.68. The summed E-state index contributed by atoms with van der Waals surface area (Å²) in [6.45, 7) is 1.67. The molecule has 0 aliphatic rings. The first-order valence-electron chi connectivity index (χ1n) is 5.00. The van der Waals surface area contributed by atoms with Crippen LogP contribution in [0.2, 0.25) is 0 Å². The number of rotatable bonds is 3. The Morgan fingerprint density at radius 3 is 2.94 bits per heavy atom. The summed E-state index contributed by atoms with van der Waals surface area (Å²) in [6, 6.07) is 4.92. The fourth-order valence-electron chi connectivity index (χ4n) is 1.31. The van der Waals surface area contributed by atoms with Gasteiger partial charge in [0.1, 0.15) is 0 Å². The largest absolute Gasteiger partial charge is 0.434 e. The molecule has 2 aromatic rings. The average Bonchev–Trinajstić information content (AvgIpc) is 2.35. The van der Waals surface area contributed by atoms with Gasteiger partial charge in [-0.25, -0.2) is 9.37 Å². The smallest absolute Gasteiger partial charge is 0.238 e. The number of aromatic nitrogens is 2. The number of halogens is 2. The number of ether oxygens (including phenoxy) is 1. The van der Waals surface area contributed by atoms with E-state index in [-0.39, 0.29) is 17.5 Å². The van der Waals surface area contributed by atoms with Crippen LogP contribution in [0, 0.1) is 12.7 Å². The van der Waals surface area contributed by atoms with E-state index in [1.165, 1.54) is 18.5 Å². The summed E-state index contributed by atoms with van der Waals surface area (Å²) in [5.41, 5.74) is 1.10. The van der Waals surface area contributed by atoms with Gasteiger partial charge in [0.2, 0.25) is 5.88 Å². The molecular formula is C12H10ClFN2O. The summed E-state index contributed by atoms with van der Waals surface area (Å²) in [6.07, 6.45) is 2.95. The van der Waals surface area contributed by atoms with E-state index >= 15 is 0 Å². The van der Waals surface area contributed by atoms with E-state index in [4.69, 9.17) is 16.3 Å². The first-order chi connectivity index (χ1) is 8.20. The fourth-order valence-corrected chi connectivity index (χ4v) is 1.44. The molecule has 0 amide bonds. The SMILES string of the molecule is Cc1cccc(Oc2cncc(CCl)n2)c1F. The lowest BCUT2D eigenvalue weighted by atomic mass is 10.2. The zero-order chi connectivity index (χ0) is 12.3. The molecule has 0 aliphatic carbocycles. The van der Waals surface area contributed by atoms with Crippen LogP contribution in [0.25, 0.3) is 0 Å². The lowest BCUT2D eigenvalue weighted by Gasteiger charge is -2.07. The molecule has 2 rings (SSSR count). The Kier molecular flexibility index (Phi) is 3.54. The molecule has 0 atom stereocenters. The molecule has 0 radical (unpaired) electrons. The van der Waals surface area contributed by atoms with E-state index in [0.29, 0.717) is 11.3 Å². The average molecular weight is 253 g/mol. The molecule has 1 heterocycles. The van der Waals surface area contributed by atoms with E-state index < -0.39 is 5.82 Å². The number of nitrogens with zero attached hydrogens (tertiary/aromatic N) is 2. The van der Waals surface area contributed by atoms with Crippen molar-refractivity contribution in [3.8, 4) is 11.6 Å². The second-order valence-corrected chi connectivity index (χ2v) is 3.74. The number of hydrogen-bond acceptors (Lipinski definition) is 3. The summed E-state index contributed by atoms with van der Waals surface area (Å²) in [5, 5.41) is 0. The van der Waals surface area contributed by atoms with Crippen molar-refractivity contribution in [1.29, 1.82) is 0 Å². The van der Waals surface area contributed by atoms with Crippen LogP contribution in [-0.2, 0) is 5.88 Å². The van der Waals surface area contributed by atoms with Crippen LogP contribution in [0.3, 0.4) is 0 Å². The Labute approximate surface area is 103 Å². The van der Waals surface area contributed by atoms with Gasteiger partial charge in [0.25, 0.3) is 0 Å². The maximum atomic E-state index is 13.7. The van der Waals surface area contributed by atoms with E-state index in [0.717, 1.165) is 0 Å². The van der Waals surface area contributed by atoms with Crippen molar-refractivity contribution in [2.45, 2.75) is 12.8 Å². The summed E-state index contributed by atoms with van der Waals surface area (Å²) >= 11 is 5.63. The predicted octanol–water partition coefficient (Wildman–Crippen LogP) is 3.46. The van der Waals surface area contributed by atoms with E-state index in [9.17, 15) is 4.39 Å². The lowest BCUT2D eigenvalue weighted by Crippen LogP contribution is -1.95. The summed E-state index contributed by atoms with van der Waals surface area (Å²) in [4.78, 5) is 7.98. The molecule has 0 unspecified atom stereocenters. The monoisotopic (exact) mass is 252 g/mol. The molecule has 0 spiro atoms. The molecule has 0 aliphatic heterocycles. The normalized spacial score (nSPS) is 10.3. The zero-order valence-corrected chi connectivity index (χ0v) is 9.91. The molecule has 3 nitrogen and oxygen atoms in total. The van der Waals surface area contributed by atoms with Gasteiger partial charge < -0.3 is 4.74 Å². The topological polar surface area (TPSA) is 35.0 Å². The molecular weight excluding hydrogens is 243 g/mol. The highest BCUT2D eigenvalue weighted by Crippen LogP contribution is 2.24. The molecule has 17 heavy (non-hydrogen) atoms. The van der Waals surface area contributed by atoms with Gasteiger partial charge >= 0.3 is 0 Å². The predicted molar refractivity (Wildman–Crippen MR) is 62.8 cm³/mol. The van der Waals surface area contributed by atoms with E-state index in [2.05, 4.69) is 9.97 Å². The van der Waals surface area contributed by atoms with Gasteiger partial charge in [-0.3, -0.25) is 4.98 Å². The second-order valence-electron chi connectivity index (χ2n) is 3.47. The van der Waals surface area contributed by atoms with Gasteiger partial charge in [0.15, 0.2) is 11.6 Å². The van der Waals surface area contributed by atoms with Crippen molar-refractivity contribution >= 4 is 11.6 Å². The van der Waals surface area contributed by atoms with Crippen LogP contribution in [0.5, 0.6) is 11.6 Å². The van der Waals surface area contributed by atoms with Crippen LogP contribution in [0.1, 0.15) is 11.3 Å². The highest BCUT2D eigenvalue weighted by molar-refractivity contribution is 6.16. The van der Waals surface area contributed by atoms with Crippen LogP contribution >= 0.6 is 11.6 Å².